The summed E-state index contributed by atoms with van der Waals surface area (Å²) >= 11 is 3.61. The molecule has 0 atom stereocenters. The number of pyridine rings is 1. The van der Waals surface area contributed by atoms with E-state index in [0.29, 0.717) is 13.2 Å². The summed E-state index contributed by atoms with van der Waals surface area (Å²) in [6.07, 6.45) is 2.00. The Morgan fingerprint density at radius 1 is 1.47 bits per heavy atom. The van der Waals surface area contributed by atoms with Gasteiger partial charge in [0.2, 0.25) is 0 Å². The molecule has 0 aliphatic carbocycles. The third-order valence-electron chi connectivity index (χ3n) is 3.37. The molecule has 0 spiro atoms. The first-order valence-electron chi connectivity index (χ1n) is 5.44. The van der Waals surface area contributed by atoms with Gasteiger partial charge in [0, 0.05) is 10.7 Å². The molecule has 0 radical (unpaired) electrons. The highest BCUT2D eigenvalue weighted by Crippen LogP contribution is 2.39. The van der Waals surface area contributed by atoms with Crippen LogP contribution in [0.5, 0.6) is 0 Å². The largest absolute Gasteiger partial charge is 0.377 e. The van der Waals surface area contributed by atoms with Crippen molar-refractivity contribution in [3.8, 4) is 6.07 Å². The highest BCUT2D eigenvalue weighted by molar-refractivity contribution is 9.10. The molecule has 1 aliphatic heterocycles. The van der Waals surface area contributed by atoms with Crippen LogP contribution >= 0.6 is 15.9 Å². The number of fused-ring (bicyclic) bond motifs is 1. The number of hydrogen-bond donors (Lipinski definition) is 0. The third kappa shape index (κ3) is 1.30. The molecule has 0 N–H and O–H groups in total. The van der Waals surface area contributed by atoms with Crippen molar-refractivity contribution in [2.24, 2.45) is 0 Å². The van der Waals surface area contributed by atoms with Crippen molar-refractivity contribution in [2.75, 3.05) is 13.2 Å². The van der Waals surface area contributed by atoms with Gasteiger partial charge in [-0.15, -0.1) is 0 Å². The van der Waals surface area contributed by atoms with E-state index < -0.39 is 5.41 Å². The van der Waals surface area contributed by atoms with Gasteiger partial charge in [-0.05, 0) is 40.5 Å². The minimum absolute atomic E-state index is 0.484. The molecule has 2 aromatic heterocycles. The van der Waals surface area contributed by atoms with Crippen molar-refractivity contribution in [3.63, 3.8) is 0 Å². The monoisotopic (exact) mass is 290 g/mol. The molecule has 0 amide bonds. The Morgan fingerprint density at radius 3 is 2.82 bits per heavy atom. The van der Waals surface area contributed by atoms with Gasteiger partial charge >= 0.3 is 0 Å². The zero-order chi connectivity index (χ0) is 12.0. The average molecular weight is 291 g/mol. The molecule has 1 fully saturated rings. The van der Waals surface area contributed by atoms with Crippen LogP contribution in [0.1, 0.15) is 11.3 Å². The van der Waals surface area contributed by atoms with E-state index in [2.05, 4.69) is 26.4 Å². The highest BCUT2D eigenvalue weighted by atomic mass is 79.9. The Kier molecular flexibility index (Phi) is 2.29. The second kappa shape index (κ2) is 3.59. The zero-order valence-electron chi connectivity index (χ0n) is 9.40. The van der Waals surface area contributed by atoms with Crippen LogP contribution < -0.4 is 0 Å². The fourth-order valence-electron chi connectivity index (χ4n) is 2.44. The van der Waals surface area contributed by atoms with Crippen LogP contribution in [0.15, 0.2) is 28.9 Å². The number of ether oxygens (including phenoxy) is 1. The topological polar surface area (TPSA) is 37.4 Å². The molecule has 1 saturated heterocycles. The predicted octanol–water partition coefficient (Wildman–Crippen LogP) is 2.80. The van der Waals surface area contributed by atoms with Gasteiger partial charge in [-0.3, -0.25) is 0 Å². The van der Waals surface area contributed by atoms with Crippen LogP contribution in [-0.2, 0) is 10.2 Å². The molecule has 4 heteroatoms. The summed E-state index contributed by atoms with van der Waals surface area (Å²) in [7, 11) is 0. The van der Waals surface area contributed by atoms with E-state index in [1.807, 2.05) is 31.3 Å². The van der Waals surface area contributed by atoms with Gasteiger partial charge in [-0.25, -0.2) is 0 Å². The first-order chi connectivity index (χ1) is 8.19. The van der Waals surface area contributed by atoms with Crippen LogP contribution in [0.4, 0.5) is 0 Å². The van der Waals surface area contributed by atoms with Crippen molar-refractivity contribution >= 4 is 21.4 Å². The summed E-state index contributed by atoms with van der Waals surface area (Å²) < 4.78 is 8.40. The summed E-state index contributed by atoms with van der Waals surface area (Å²) in [6.45, 7) is 3.01. The van der Waals surface area contributed by atoms with Crippen LogP contribution in [0.25, 0.3) is 5.52 Å². The van der Waals surface area contributed by atoms with Crippen molar-refractivity contribution in [1.82, 2.24) is 4.40 Å². The number of halogens is 1. The third-order valence-corrected chi connectivity index (χ3v) is 4.38. The lowest BCUT2D eigenvalue weighted by Crippen LogP contribution is -2.46. The zero-order valence-corrected chi connectivity index (χ0v) is 11.0. The fourth-order valence-corrected chi connectivity index (χ4v) is 2.95. The second-order valence-electron chi connectivity index (χ2n) is 4.43. The van der Waals surface area contributed by atoms with Crippen LogP contribution in [-0.4, -0.2) is 17.6 Å². The summed E-state index contributed by atoms with van der Waals surface area (Å²) in [5.41, 5.74) is 2.79. The van der Waals surface area contributed by atoms with E-state index >= 15 is 0 Å². The van der Waals surface area contributed by atoms with E-state index in [9.17, 15) is 5.26 Å². The maximum atomic E-state index is 9.42. The van der Waals surface area contributed by atoms with E-state index in [1.54, 1.807) is 0 Å². The lowest BCUT2D eigenvalue weighted by molar-refractivity contribution is -0.0323. The lowest BCUT2D eigenvalue weighted by atomic mass is 9.82. The van der Waals surface area contributed by atoms with Gasteiger partial charge in [0.1, 0.15) is 5.41 Å². The molecular formula is C13H11BrN2O. The molecular weight excluding hydrogens is 280 g/mol. The molecule has 3 nitrogen and oxygen atoms in total. The Balaban J connectivity index is 2.37. The molecule has 0 saturated carbocycles. The van der Waals surface area contributed by atoms with Crippen molar-refractivity contribution < 1.29 is 4.74 Å². The van der Waals surface area contributed by atoms with Gasteiger partial charge in [-0.1, -0.05) is 6.07 Å². The smallest absolute Gasteiger partial charge is 0.144 e. The molecule has 0 bridgehead atoms. The van der Waals surface area contributed by atoms with E-state index in [4.69, 9.17) is 4.74 Å². The summed E-state index contributed by atoms with van der Waals surface area (Å²) in [6, 6.07) is 8.44. The molecule has 3 rings (SSSR count). The number of aromatic nitrogens is 1. The first-order valence-corrected chi connectivity index (χ1v) is 6.23. The minimum Gasteiger partial charge on any atom is -0.377 e. The minimum atomic E-state index is -0.486. The Hall–Kier alpha value is -1.31. The fraction of sp³-hybridized carbons (Fsp3) is 0.308. The molecule has 3 heterocycles. The molecule has 1 aliphatic rings. The van der Waals surface area contributed by atoms with Gasteiger partial charge in [0.05, 0.1) is 30.5 Å². The lowest BCUT2D eigenvalue weighted by Gasteiger charge is -2.35. The number of rotatable bonds is 1. The van der Waals surface area contributed by atoms with E-state index in [1.165, 1.54) is 0 Å². The van der Waals surface area contributed by atoms with Crippen LogP contribution in [0, 0.1) is 18.3 Å². The number of nitrogens with zero attached hydrogens (tertiary/aromatic N) is 2. The predicted molar refractivity (Wildman–Crippen MR) is 67.9 cm³/mol. The average Bonchev–Trinajstić information content (AvgIpc) is 2.55. The number of hydrogen-bond acceptors (Lipinski definition) is 2. The van der Waals surface area contributed by atoms with Gasteiger partial charge in [0.25, 0.3) is 0 Å². The first kappa shape index (κ1) is 10.8. The summed E-state index contributed by atoms with van der Waals surface area (Å²) in [4.78, 5) is 0. The van der Waals surface area contributed by atoms with Crippen LogP contribution in [0.2, 0.25) is 0 Å². The molecule has 86 valence electrons. The molecule has 0 aromatic carbocycles. The van der Waals surface area contributed by atoms with Gasteiger partial charge < -0.3 is 9.14 Å². The standard InChI is InChI=1S/C13H11BrN2O/c1-9-11(14)10-4-2-3-5-16(10)12(9)13(6-15)7-17-8-13/h2-5H,7-8H2,1H3. The maximum absolute atomic E-state index is 9.42. The quantitative estimate of drug-likeness (QED) is 0.810. The Morgan fingerprint density at radius 2 is 2.24 bits per heavy atom. The van der Waals surface area contributed by atoms with Crippen molar-refractivity contribution in [2.45, 2.75) is 12.3 Å². The van der Waals surface area contributed by atoms with Crippen LogP contribution in [0.3, 0.4) is 0 Å². The molecule has 0 unspecified atom stereocenters. The maximum Gasteiger partial charge on any atom is 0.144 e. The highest BCUT2D eigenvalue weighted by Gasteiger charge is 2.44. The van der Waals surface area contributed by atoms with E-state index in [0.717, 1.165) is 21.2 Å². The van der Waals surface area contributed by atoms with Crippen molar-refractivity contribution in [1.29, 1.82) is 5.26 Å². The summed E-state index contributed by atoms with van der Waals surface area (Å²) in [5.74, 6) is 0. The molecule has 17 heavy (non-hydrogen) atoms. The Labute approximate surface area is 108 Å². The van der Waals surface area contributed by atoms with Crippen molar-refractivity contribution in [3.05, 3.63) is 40.1 Å². The van der Waals surface area contributed by atoms with Gasteiger partial charge in [-0.2, -0.15) is 5.26 Å². The van der Waals surface area contributed by atoms with Gasteiger partial charge in [0.15, 0.2) is 0 Å². The normalized spacial score (nSPS) is 17.7. The SMILES string of the molecule is Cc1c(Br)c2ccccn2c1C1(C#N)COC1. The summed E-state index contributed by atoms with van der Waals surface area (Å²) in [5, 5.41) is 9.42. The molecule has 2 aromatic rings. The second-order valence-corrected chi connectivity index (χ2v) is 5.22. The number of nitriles is 1. The van der Waals surface area contributed by atoms with E-state index in [-0.39, 0.29) is 0 Å². The Bertz CT molecular complexity index is 635.